The number of nitrogens with one attached hydrogen (secondary N) is 1. The van der Waals surface area contributed by atoms with Crippen molar-refractivity contribution in [1.82, 2.24) is 10.3 Å². The van der Waals surface area contributed by atoms with E-state index in [4.69, 9.17) is 0 Å². The molecular formula is C16H20BrN3. The van der Waals surface area contributed by atoms with Crippen LogP contribution in [-0.4, -0.2) is 19.1 Å². The summed E-state index contributed by atoms with van der Waals surface area (Å²) in [6.07, 6.45) is 1.94. The highest BCUT2D eigenvalue weighted by Crippen LogP contribution is 2.20. The van der Waals surface area contributed by atoms with Crippen LogP contribution >= 0.6 is 15.9 Å². The normalized spacial score (nSPS) is 10.6. The molecule has 1 N–H and O–H groups in total. The number of hydrogen-bond acceptors (Lipinski definition) is 3. The summed E-state index contributed by atoms with van der Waals surface area (Å²) in [7, 11) is 4.02. The minimum absolute atomic E-state index is 0.846. The lowest BCUT2D eigenvalue weighted by Crippen LogP contribution is -2.19. The monoisotopic (exact) mass is 333 g/mol. The second kappa shape index (κ2) is 6.86. The highest BCUT2D eigenvalue weighted by Gasteiger charge is 2.08. The van der Waals surface area contributed by atoms with Gasteiger partial charge in [0, 0.05) is 30.8 Å². The number of nitrogens with zero attached hydrogens (tertiary/aromatic N) is 2. The topological polar surface area (TPSA) is 28.2 Å². The van der Waals surface area contributed by atoms with E-state index in [-0.39, 0.29) is 0 Å². The third kappa shape index (κ3) is 3.81. The van der Waals surface area contributed by atoms with Gasteiger partial charge in [-0.2, -0.15) is 0 Å². The predicted molar refractivity (Wildman–Crippen MR) is 88.0 cm³/mol. The number of hydrogen-bond donors (Lipinski definition) is 1. The summed E-state index contributed by atoms with van der Waals surface area (Å²) in [6.45, 7) is 3.81. The Morgan fingerprint density at radius 3 is 2.70 bits per heavy atom. The summed E-state index contributed by atoms with van der Waals surface area (Å²) < 4.78 is 1.11. The van der Waals surface area contributed by atoms with Gasteiger partial charge in [0.1, 0.15) is 5.82 Å². The Balaban J connectivity index is 2.14. The number of benzene rings is 1. The Kier molecular flexibility index (Phi) is 5.15. The number of rotatable bonds is 5. The minimum Gasteiger partial charge on any atom is -0.355 e. The van der Waals surface area contributed by atoms with Crippen LogP contribution in [0.15, 0.2) is 41.0 Å². The first-order chi connectivity index (χ1) is 9.60. The number of pyridine rings is 1. The maximum absolute atomic E-state index is 4.59. The summed E-state index contributed by atoms with van der Waals surface area (Å²) >= 11 is 3.51. The zero-order valence-corrected chi connectivity index (χ0v) is 13.7. The molecule has 106 valence electrons. The third-order valence-electron chi connectivity index (χ3n) is 3.16. The molecule has 20 heavy (non-hydrogen) atoms. The molecule has 0 aliphatic rings. The third-order valence-corrected chi connectivity index (χ3v) is 3.65. The molecule has 1 heterocycles. The van der Waals surface area contributed by atoms with Gasteiger partial charge < -0.3 is 10.2 Å². The molecule has 2 rings (SSSR count). The molecule has 0 fully saturated rings. The number of halogens is 1. The summed E-state index contributed by atoms with van der Waals surface area (Å²) in [5.41, 5.74) is 3.68. The van der Waals surface area contributed by atoms with Gasteiger partial charge >= 0.3 is 0 Å². The van der Waals surface area contributed by atoms with Gasteiger partial charge in [-0.05, 0) is 48.9 Å². The number of aromatic nitrogens is 1. The molecule has 0 radical (unpaired) electrons. The Bertz CT molecular complexity index is 584. The van der Waals surface area contributed by atoms with Gasteiger partial charge in [-0.1, -0.05) is 28.1 Å². The standard InChI is InChI=1S/C16H20BrN3/c1-12-7-14(9-18-2)10-19-16(12)20(3)11-13-5-4-6-15(17)8-13/h4-8,10,18H,9,11H2,1-3H3. The number of aryl methyl sites for hydroxylation is 1. The van der Waals surface area contributed by atoms with Crippen molar-refractivity contribution < 1.29 is 0 Å². The highest BCUT2D eigenvalue weighted by molar-refractivity contribution is 9.10. The summed E-state index contributed by atoms with van der Waals surface area (Å²) in [6, 6.07) is 10.6. The van der Waals surface area contributed by atoms with E-state index >= 15 is 0 Å². The molecule has 1 aromatic heterocycles. The van der Waals surface area contributed by atoms with Crippen LogP contribution in [0.25, 0.3) is 0 Å². The van der Waals surface area contributed by atoms with Crippen molar-refractivity contribution in [2.75, 3.05) is 19.0 Å². The Hall–Kier alpha value is -1.39. The molecule has 0 unspecified atom stereocenters. The number of anilines is 1. The molecule has 0 saturated carbocycles. The van der Waals surface area contributed by atoms with Gasteiger partial charge in [-0.3, -0.25) is 0 Å². The summed E-state index contributed by atoms with van der Waals surface area (Å²) in [4.78, 5) is 6.77. The maximum Gasteiger partial charge on any atom is 0.131 e. The maximum atomic E-state index is 4.59. The van der Waals surface area contributed by atoms with Crippen LogP contribution in [0.1, 0.15) is 16.7 Å². The van der Waals surface area contributed by atoms with Crippen molar-refractivity contribution in [2.24, 2.45) is 0 Å². The van der Waals surface area contributed by atoms with E-state index in [1.165, 1.54) is 16.7 Å². The Labute approximate surface area is 129 Å². The molecule has 3 nitrogen and oxygen atoms in total. The van der Waals surface area contributed by atoms with Crippen LogP contribution in [-0.2, 0) is 13.1 Å². The molecule has 0 spiro atoms. The minimum atomic E-state index is 0.846. The zero-order chi connectivity index (χ0) is 14.5. The highest BCUT2D eigenvalue weighted by atomic mass is 79.9. The van der Waals surface area contributed by atoms with E-state index in [9.17, 15) is 0 Å². The molecule has 2 aromatic rings. The van der Waals surface area contributed by atoms with Crippen molar-refractivity contribution in [3.8, 4) is 0 Å². The molecule has 0 bridgehead atoms. The Morgan fingerprint density at radius 1 is 1.25 bits per heavy atom. The van der Waals surface area contributed by atoms with Gasteiger partial charge in [-0.15, -0.1) is 0 Å². The van der Waals surface area contributed by atoms with Gasteiger partial charge in [0.25, 0.3) is 0 Å². The van der Waals surface area contributed by atoms with Crippen LogP contribution < -0.4 is 10.2 Å². The van der Waals surface area contributed by atoms with Crippen LogP contribution in [0.2, 0.25) is 0 Å². The van der Waals surface area contributed by atoms with Gasteiger partial charge in [0.05, 0.1) is 0 Å². The fraction of sp³-hybridized carbons (Fsp3) is 0.312. The van der Waals surface area contributed by atoms with E-state index in [2.05, 4.69) is 69.4 Å². The van der Waals surface area contributed by atoms with Crippen molar-refractivity contribution in [3.05, 3.63) is 57.7 Å². The zero-order valence-electron chi connectivity index (χ0n) is 12.2. The SMILES string of the molecule is CNCc1cnc(N(C)Cc2cccc(Br)c2)c(C)c1. The van der Waals surface area contributed by atoms with Crippen LogP contribution in [0.3, 0.4) is 0 Å². The molecule has 0 amide bonds. The fourth-order valence-electron chi connectivity index (χ4n) is 2.31. The van der Waals surface area contributed by atoms with Gasteiger partial charge in [-0.25, -0.2) is 4.98 Å². The summed E-state index contributed by atoms with van der Waals surface area (Å²) in [5.74, 6) is 1.03. The molecule has 0 atom stereocenters. The second-order valence-corrected chi connectivity index (χ2v) is 5.92. The van der Waals surface area contributed by atoms with Crippen LogP contribution in [0.4, 0.5) is 5.82 Å². The molecule has 0 aliphatic heterocycles. The van der Waals surface area contributed by atoms with Crippen molar-refractivity contribution in [1.29, 1.82) is 0 Å². The summed E-state index contributed by atoms with van der Waals surface area (Å²) in [5, 5.41) is 3.15. The molecule has 0 aliphatic carbocycles. The average Bonchev–Trinajstić information content (AvgIpc) is 2.39. The second-order valence-electron chi connectivity index (χ2n) is 5.00. The van der Waals surface area contributed by atoms with Crippen molar-refractivity contribution in [3.63, 3.8) is 0 Å². The first-order valence-corrected chi connectivity index (χ1v) is 7.45. The largest absolute Gasteiger partial charge is 0.355 e. The van der Waals surface area contributed by atoms with E-state index in [1.807, 2.05) is 19.3 Å². The van der Waals surface area contributed by atoms with Gasteiger partial charge in [0.15, 0.2) is 0 Å². The van der Waals surface area contributed by atoms with Crippen LogP contribution in [0.5, 0.6) is 0 Å². The van der Waals surface area contributed by atoms with Crippen LogP contribution in [0, 0.1) is 6.92 Å². The molecular weight excluding hydrogens is 314 g/mol. The first kappa shape index (κ1) is 15.0. The van der Waals surface area contributed by atoms with Crippen molar-refractivity contribution in [2.45, 2.75) is 20.0 Å². The van der Waals surface area contributed by atoms with Gasteiger partial charge in [0.2, 0.25) is 0 Å². The first-order valence-electron chi connectivity index (χ1n) is 6.66. The smallest absolute Gasteiger partial charge is 0.131 e. The van der Waals surface area contributed by atoms with E-state index in [1.54, 1.807) is 0 Å². The molecule has 1 aromatic carbocycles. The lowest BCUT2D eigenvalue weighted by atomic mass is 10.1. The lowest BCUT2D eigenvalue weighted by Gasteiger charge is -2.21. The fourth-order valence-corrected chi connectivity index (χ4v) is 2.76. The van der Waals surface area contributed by atoms with Crippen molar-refractivity contribution >= 4 is 21.7 Å². The average molecular weight is 334 g/mol. The quantitative estimate of drug-likeness (QED) is 0.907. The van der Waals surface area contributed by atoms with E-state index in [0.29, 0.717) is 0 Å². The molecule has 4 heteroatoms. The van der Waals surface area contributed by atoms with E-state index in [0.717, 1.165) is 23.4 Å². The lowest BCUT2D eigenvalue weighted by molar-refractivity contribution is 0.807. The predicted octanol–water partition coefficient (Wildman–Crippen LogP) is 3.51. The van der Waals surface area contributed by atoms with E-state index < -0.39 is 0 Å². The molecule has 0 saturated heterocycles. The Morgan fingerprint density at radius 2 is 2.05 bits per heavy atom.